The molecule has 5 rings (SSSR count). The molecule has 0 bridgehead atoms. The fourth-order valence-corrected chi connectivity index (χ4v) is 6.06. The van der Waals surface area contributed by atoms with Crippen LogP contribution >= 0.6 is 11.8 Å². The largest absolute Gasteiger partial charge is 0.496 e. The Kier molecular flexibility index (Phi) is 8.88. The van der Waals surface area contributed by atoms with Crippen LogP contribution in [0.4, 0.5) is 11.4 Å². The number of carbonyl (C=O) groups excluding carboxylic acids is 1. The predicted molar refractivity (Wildman–Crippen MR) is 154 cm³/mol. The van der Waals surface area contributed by atoms with Crippen LogP contribution in [0.15, 0.2) is 52.4 Å². The molecule has 0 aliphatic carbocycles. The second-order valence-electron chi connectivity index (χ2n) is 9.57. The highest BCUT2D eigenvalue weighted by molar-refractivity contribution is 8.18. The number of rotatable bonds is 9. The number of hydrogen-bond donors (Lipinski definition) is 0. The summed E-state index contributed by atoms with van der Waals surface area (Å²) in [7, 11) is 3.36. The number of benzene rings is 2. The Morgan fingerprint density at radius 1 is 0.974 bits per heavy atom. The minimum atomic E-state index is -0.0312. The van der Waals surface area contributed by atoms with Crippen molar-refractivity contribution in [3.63, 3.8) is 0 Å². The molecule has 0 atom stereocenters. The van der Waals surface area contributed by atoms with Crippen molar-refractivity contribution >= 4 is 40.3 Å². The van der Waals surface area contributed by atoms with E-state index in [1.807, 2.05) is 53.4 Å². The molecule has 3 saturated heterocycles. The molecule has 9 heteroatoms. The highest BCUT2D eigenvalue weighted by Crippen LogP contribution is 2.40. The van der Waals surface area contributed by atoms with E-state index in [9.17, 15) is 4.79 Å². The van der Waals surface area contributed by atoms with Crippen LogP contribution in [-0.2, 0) is 9.53 Å². The maximum atomic E-state index is 13.7. The van der Waals surface area contributed by atoms with Crippen LogP contribution in [0.2, 0.25) is 0 Å². The van der Waals surface area contributed by atoms with Crippen molar-refractivity contribution in [3.8, 4) is 11.5 Å². The van der Waals surface area contributed by atoms with Crippen LogP contribution < -0.4 is 14.4 Å². The molecule has 0 aromatic heterocycles. The third-order valence-corrected chi connectivity index (χ3v) is 8.10. The first-order chi connectivity index (χ1) is 18.7. The quantitative estimate of drug-likeness (QED) is 0.433. The number of anilines is 1. The van der Waals surface area contributed by atoms with Gasteiger partial charge in [0.2, 0.25) is 0 Å². The molecular formula is C29H36N4O4S. The fraction of sp³-hybridized carbons (Fsp3) is 0.448. The highest BCUT2D eigenvalue weighted by Gasteiger charge is 2.33. The van der Waals surface area contributed by atoms with Gasteiger partial charge in [-0.2, -0.15) is 0 Å². The van der Waals surface area contributed by atoms with Crippen molar-refractivity contribution in [2.24, 2.45) is 4.99 Å². The molecule has 202 valence electrons. The monoisotopic (exact) mass is 536 g/mol. The fourth-order valence-electron chi connectivity index (χ4n) is 5.04. The first kappa shape index (κ1) is 26.6. The zero-order chi connectivity index (χ0) is 26.3. The average Bonchev–Trinajstić information content (AvgIpc) is 3.59. The Bertz CT molecular complexity index is 1170. The molecular weight excluding hydrogens is 500 g/mol. The van der Waals surface area contributed by atoms with Crippen molar-refractivity contribution in [1.82, 2.24) is 9.80 Å². The maximum absolute atomic E-state index is 13.7. The molecule has 0 N–H and O–H groups in total. The molecule has 38 heavy (non-hydrogen) atoms. The van der Waals surface area contributed by atoms with Crippen LogP contribution in [0.3, 0.4) is 0 Å². The van der Waals surface area contributed by atoms with Crippen LogP contribution in [0.1, 0.15) is 24.8 Å². The Morgan fingerprint density at radius 3 is 2.42 bits per heavy atom. The van der Waals surface area contributed by atoms with Gasteiger partial charge in [-0.3, -0.25) is 14.6 Å². The number of methoxy groups -OCH3 is 2. The SMILES string of the molecule is COc1cc(N2CCCC2)c(OC)cc1C=C1SC(=Nc2ccccc2)N(CCCN2CCOCC2)C1=O. The lowest BCUT2D eigenvalue weighted by Gasteiger charge is -2.27. The summed E-state index contributed by atoms with van der Waals surface area (Å²) in [5.41, 5.74) is 2.68. The number of amides is 1. The van der Waals surface area contributed by atoms with Crippen LogP contribution in [0, 0.1) is 0 Å². The summed E-state index contributed by atoms with van der Waals surface area (Å²) in [6.07, 6.45) is 5.13. The highest BCUT2D eigenvalue weighted by atomic mass is 32.2. The van der Waals surface area contributed by atoms with Crippen molar-refractivity contribution < 1.29 is 19.0 Å². The predicted octanol–water partition coefficient (Wildman–Crippen LogP) is 4.63. The summed E-state index contributed by atoms with van der Waals surface area (Å²) >= 11 is 1.41. The summed E-state index contributed by atoms with van der Waals surface area (Å²) in [6, 6.07) is 13.8. The molecule has 8 nitrogen and oxygen atoms in total. The maximum Gasteiger partial charge on any atom is 0.266 e. The summed E-state index contributed by atoms with van der Waals surface area (Å²) in [4.78, 5) is 25.7. The van der Waals surface area contributed by atoms with Gasteiger partial charge in [0.05, 0.1) is 43.7 Å². The van der Waals surface area contributed by atoms with Gasteiger partial charge in [0.15, 0.2) is 5.17 Å². The van der Waals surface area contributed by atoms with Gasteiger partial charge in [-0.1, -0.05) is 18.2 Å². The van der Waals surface area contributed by atoms with Gasteiger partial charge in [-0.15, -0.1) is 0 Å². The van der Waals surface area contributed by atoms with E-state index >= 15 is 0 Å². The number of para-hydroxylation sites is 1. The molecule has 0 spiro atoms. The average molecular weight is 537 g/mol. The zero-order valence-electron chi connectivity index (χ0n) is 22.2. The van der Waals surface area contributed by atoms with Gasteiger partial charge >= 0.3 is 0 Å². The molecule has 3 fully saturated rings. The van der Waals surface area contributed by atoms with Crippen LogP contribution in [0.5, 0.6) is 11.5 Å². The number of thioether (sulfide) groups is 1. The van der Waals surface area contributed by atoms with Crippen molar-refractivity contribution in [2.75, 3.05) is 71.6 Å². The van der Waals surface area contributed by atoms with E-state index < -0.39 is 0 Å². The van der Waals surface area contributed by atoms with Crippen LogP contribution in [0.25, 0.3) is 6.08 Å². The standard InChI is InChI=1S/C29H36N4O4S/c1-35-25-21-24(32-12-6-7-13-32)26(36-2)19-22(25)20-27-28(34)33(14-8-11-31-15-17-37-18-16-31)29(38-27)30-23-9-4-3-5-10-23/h3-5,9-10,19-21H,6-8,11-18H2,1-2H3. The van der Waals surface area contributed by atoms with E-state index in [4.69, 9.17) is 19.2 Å². The van der Waals surface area contributed by atoms with Gasteiger partial charge in [0, 0.05) is 50.9 Å². The van der Waals surface area contributed by atoms with Gasteiger partial charge < -0.3 is 19.1 Å². The molecule has 2 aromatic rings. The summed E-state index contributed by atoms with van der Waals surface area (Å²) < 4.78 is 17.0. The molecule has 2 aromatic carbocycles. The lowest BCUT2D eigenvalue weighted by Crippen LogP contribution is -2.38. The molecule has 0 unspecified atom stereocenters. The number of carbonyl (C=O) groups is 1. The number of hydrogen-bond acceptors (Lipinski definition) is 8. The first-order valence-corrected chi connectivity index (χ1v) is 14.1. The second-order valence-corrected chi connectivity index (χ2v) is 10.6. The number of nitrogens with zero attached hydrogens (tertiary/aromatic N) is 4. The van der Waals surface area contributed by atoms with Crippen molar-refractivity contribution in [3.05, 3.63) is 52.9 Å². The Labute approximate surface area is 229 Å². The van der Waals surface area contributed by atoms with E-state index in [1.54, 1.807) is 14.2 Å². The topological polar surface area (TPSA) is 66.8 Å². The third-order valence-electron chi connectivity index (χ3n) is 7.09. The summed E-state index contributed by atoms with van der Waals surface area (Å²) in [5, 5.41) is 0.703. The minimum Gasteiger partial charge on any atom is -0.496 e. The number of ether oxygens (including phenoxy) is 3. The van der Waals surface area contributed by atoms with E-state index in [0.29, 0.717) is 16.6 Å². The molecule has 3 aliphatic heterocycles. The van der Waals surface area contributed by atoms with Crippen molar-refractivity contribution in [1.29, 1.82) is 0 Å². The normalized spacial score (nSPS) is 20.6. The minimum absolute atomic E-state index is 0.0312. The lowest BCUT2D eigenvalue weighted by atomic mass is 10.1. The van der Waals surface area contributed by atoms with Gasteiger partial charge in [-0.25, -0.2) is 4.99 Å². The Balaban J connectivity index is 1.41. The Hall–Kier alpha value is -3.01. The summed E-state index contributed by atoms with van der Waals surface area (Å²) in [6.45, 7) is 6.97. The molecule has 0 saturated carbocycles. The second kappa shape index (κ2) is 12.7. The molecule has 3 heterocycles. The van der Waals surface area contributed by atoms with Gasteiger partial charge in [0.25, 0.3) is 5.91 Å². The smallest absolute Gasteiger partial charge is 0.266 e. The van der Waals surface area contributed by atoms with Gasteiger partial charge in [-0.05, 0) is 55.3 Å². The van der Waals surface area contributed by atoms with Crippen molar-refractivity contribution in [2.45, 2.75) is 19.3 Å². The van der Waals surface area contributed by atoms with E-state index in [1.165, 1.54) is 24.6 Å². The zero-order valence-corrected chi connectivity index (χ0v) is 23.0. The van der Waals surface area contributed by atoms with E-state index in [2.05, 4.69) is 9.80 Å². The number of morpholine rings is 1. The molecule has 3 aliphatic rings. The first-order valence-electron chi connectivity index (χ1n) is 13.3. The lowest BCUT2D eigenvalue weighted by molar-refractivity contribution is -0.122. The molecule has 0 radical (unpaired) electrons. The third kappa shape index (κ3) is 6.17. The van der Waals surface area contributed by atoms with E-state index in [-0.39, 0.29) is 5.91 Å². The van der Waals surface area contributed by atoms with E-state index in [0.717, 1.165) is 80.8 Å². The van der Waals surface area contributed by atoms with Crippen LogP contribution in [-0.4, -0.2) is 87.6 Å². The summed E-state index contributed by atoms with van der Waals surface area (Å²) in [5.74, 6) is 1.48. The number of aliphatic imine (C=N–C) groups is 1. The van der Waals surface area contributed by atoms with Gasteiger partial charge in [0.1, 0.15) is 11.5 Å². The molecule has 1 amide bonds. The number of amidine groups is 1. The Morgan fingerprint density at radius 2 is 1.71 bits per heavy atom.